The Hall–Kier alpha value is -2.89. The quantitative estimate of drug-likeness (QED) is 0.617. The first kappa shape index (κ1) is 17.0. The number of methoxy groups -OCH3 is 1. The number of carbonyl (C=O) groups excluding carboxylic acids is 1. The van der Waals surface area contributed by atoms with Crippen molar-refractivity contribution in [3.8, 4) is 5.75 Å². The summed E-state index contributed by atoms with van der Waals surface area (Å²) >= 11 is 0. The number of hydrogen-bond acceptors (Lipinski definition) is 4. The van der Waals surface area contributed by atoms with Crippen LogP contribution in [0.3, 0.4) is 0 Å². The summed E-state index contributed by atoms with van der Waals surface area (Å²) in [5, 5.41) is 10.9. The van der Waals surface area contributed by atoms with Gasteiger partial charge in [-0.15, -0.1) is 0 Å². The number of hydrogen-bond donors (Lipinski definition) is 0. The fourth-order valence-corrected chi connectivity index (χ4v) is 3.31. The second-order valence-corrected chi connectivity index (χ2v) is 6.16. The van der Waals surface area contributed by atoms with Crippen molar-refractivity contribution in [1.82, 2.24) is 4.90 Å². The maximum Gasteiger partial charge on any atom is 0.270 e. The van der Waals surface area contributed by atoms with Gasteiger partial charge in [-0.2, -0.15) is 0 Å². The van der Waals surface area contributed by atoms with Gasteiger partial charge in [-0.05, 0) is 43.0 Å². The van der Waals surface area contributed by atoms with Crippen LogP contribution in [0.4, 0.5) is 5.69 Å². The van der Waals surface area contributed by atoms with E-state index in [1.807, 2.05) is 29.2 Å². The summed E-state index contributed by atoms with van der Waals surface area (Å²) in [5.41, 5.74) is 1.42. The lowest BCUT2D eigenvalue weighted by atomic mass is 10.0. The zero-order valence-electron chi connectivity index (χ0n) is 14.1. The largest absolute Gasteiger partial charge is 0.497 e. The van der Waals surface area contributed by atoms with Gasteiger partial charge in [0.05, 0.1) is 12.0 Å². The van der Waals surface area contributed by atoms with Crippen molar-refractivity contribution in [2.45, 2.75) is 25.3 Å². The van der Waals surface area contributed by atoms with Crippen molar-refractivity contribution in [3.05, 3.63) is 69.8 Å². The SMILES string of the molecule is COc1cccc(C[C@@H]2CCCN2C(=O)c2cccc([N+](=O)[O-])c2)c1. The highest BCUT2D eigenvalue weighted by atomic mass is 16.6. The molecule has 1 atom stereocenters. The van der Waals surface area contributed by atoms with Crippen molar-refractivity contribution in [2.24, 2.45) is 0 Å². The van der Waals surface area contributed by atoms with Gasteiger partial charge in [0, 0.05) is 30.3 Å². The molecule has 0 radical (unpaired) electrons. The van der Waals surface area contributed by atoms with Gasteiger partial charge in [0.2, 0.25) is 0 Å². The molecule has 0 spiro atoms. The molecule has 1 aliphatic rings. The number of ether oxygens (including phenoxy) is 1. The Kier molecular flexibility index (Phi) is 4.97. The number of rotatable bonds is 5. The molecule has 1 fully saturated rings. The first-order valence-corrected chi connectivity index (χ1v) is 8.27. The summed E-state index contributed by atoms with van der Waals surface area (Å²) in [6, 6.07) is 13.9. The molecule has 0 saturated carbocycles. The zero-order chi connectivity index (χ0) is 17.8. The van der Waals surface area contributed by atoms with Crippen LogP contribution in [-0.2, 0) is 6.42 Å². The summed E-state index contributed by atoms with van der Waals surface area (Å²) in [6.07, 6.45) is 2.62. The molecular formula is C19H20N2O4. The summed E-state index contributed by atoms with van der Waals surface area (Å²) < 4.78 is 5.25. The third-order valence-corrected chi connectivity index (χ3v) is 4.55. The second-order valence-electron chi connectivity index (χ2n) is 6.16. The molecule has 0 aliphatic carbocycles. The van der Waals surface area contributed by atoms with Crippen LogP contribution in [0.25, 0.3) is 0 Å². The minimum Gasteiger partial charge on any atom is -0.497 e. The Morgan fingerprint density at radius 2 is 2.08 bits per heavy atom. The van der Waals surface area contributed by atoms with Gasteiger partial charge in [-0.25, -0.2) is 0 Å². The highest BCUT2D eigenvalue weighted by molar-refractivity contribution is 5.95. The number of nitrogens with zero attached hydrogens (tertiary/aromatic N) is 2. The van der Waals surface area contributed by atoms with E-state index in [0.29, 0.717) is 12.1 Å². The molecule has 2 aromatic rings. The van der Waals surface area contributed by atoms with Crippen molar-refractivity contribution in [3.63, 3.8) is 0 Å². The lowest BCUT2D eigenvalue weighted by Gasteiger charge is -2.25. The summed E-state index contributed by atoms with van der Waals surface area (Å²) in [6.45, 7) is 0.677. The number of nitro groups is 1. The number of likely N-dealkylation sites (tertiary alicyclic amines) is 1. The predicted octanol–water partition coefficient (Wildman–Crippen LogP) is 3.45. The fraction of sp³-hybridized carbons (Fsp3) is 0.316. The fourth-order valence-electron chi connectivity index (χ4n) is 3.31. The number of benzene rings is 2. The Morgan fingerprint density at radius 1 is 1.28 bits per heavy atom. The maximum atomic E-state index is 12.8. The van der Waals surface area contributed by atoms with Crippen LogP contribution < -0.4 is 4.74 Å². The van der Waals surface area contributed by atoms with Crippen LogP contribution in [0.5, 0.6) is 5.75 Å². The lowest BCUT2D eigenvalue weighted by Crippen LogP contribution is -2.36. The van der Waals surface area contributed by atoms with Gasteiger partial charge in [0.1, 0.15) is 5.75 Å². The van der Waals surface area contributed by atoms with Gasteiger partial charge in [0.25, 0.3) is 11.6 Å². The normalized spacial score (nSPS) is 16.7. The topological polar surface area (TPSA) is 72.7 Å². The molecule has 25 heavy (non-hydrogen) atoms. The monoisotopic (exact) mass is 340 g/mol. The highest BCUT2D eigenvalue weighted by Crippen LogP contribution is 2.25. The Morgan fingerprint density at radius 3 is 2.84 bits per heavy atom. The standard InChI is InChI=1S/C19H20N2O4/c1-25-18-9-2-5-14(12-18)11-16-8-4-10-20(16)19(22)15-6-3-7-17(13-15)21(23)24/h2-3,5-7,9,12-13,16H,4,8,10-11H2,1H3/t16-/m0/s1. The number of amides is 1. The van der Waals surface area contributed by atoms with Gasteiger partial charge in [0.15, 0.2) is 0 Å². The highest BCUT2D eigenvalue weighted by Gasteiger charge is 2.30. The molecule has 3 rings (SSSR count). The van der Waals surface area contributed by atoms with E-state index < -0.39 is 4.92 Å². The average molecular weight is 340 g/mol. The van der Waals surface area contributed by atoms with Crippen molar-refractivity contribution in [2.75, 3.05) is 13.7 Å². The Labute approximate surface area is 146 Å². The first-order chi connectivity index (χ1) is 12.1. The predicted molar refractivity (Wildman–Crippen MR) is 93.9 cm³/mol. The maximum absolute atomic E-state index is 12.8. The van der Waals surface area contributed by atoms with E-state index in [4.69, 9.17) is 4.74 Å². The van der Waals surface area contributed by atoms with Crippen LogP contribution >= 0.6 is 0 Å². The summed E-state index contributed by atoms with van der Waals surface area (Å²) in [7, 11) is 1.63. The van der Waals surface area contributed by atoms with E-state index in [1.54, 1.807) is 19.2 Å². The van der Waals surface area contributed by atoms with Crippen molar-refractivity contribution < 1.29 is 14.5 Å². The summed E-state index contributed by atoms with van der Waals surface area (Å²) in [5.74, 6) is 0.654. The summed E-state index contributed by atoms with van der Waals surface area (Å²) in [4.78, 5) is 25.1. The van der Waals surface area contributed by atoms with Crippen LogP contribution in [0.1, 0.15) is 28.8 Å². The van der Waals surface area contributed by atoms with Crippen LogP contribution in [-0.4, -0.2) is 35.4 Å². The third-order valence-electron chi connectivity index (χ3n) is 4.55. The van der Waals surface area contributed by atoms with Gasteiger partial charge in [-0.3, -0.25) is 14.9 Å². The molecule has 0 aromatic heterocycles. The average Bonchev–Trinajstić information content (AvgIpc) is 3.09. The zero-order valence-corrected chi connectivity index (χ0v) is 14.1. The molecule has 1 heterocycles. The second kappa shape index (κ2) is 7.34. The van der Waals surface area contributed by atoms with E-state index in [9.17, 15) is 14.9 Å². The Balaban J connectivity index is 1.77. The van der Waals surface area contributed by atoms with Gasteiger partial charge < -0.3 is 9.64 Å². The molecule has 0 unspecified atom stereocenters. The molecule has 130 valence electrons. The minimum absolute atomic E-state index is 0.0607. The third kappa shape index (κ3) is 3.79. The number of nitro benzene ring substituents is 1. The van der Waals surface area contributed by atoms with E-state index in [2.05, 4.69) is 0 Å². The number of carbonyl (C=O) groups is 1. The Bertz CT molecular complexity index is 790. The van der Waals surface area contributed by atoms with E-state index in [0.717, 1.165) is 30.6 Å². The molecular weight excluding hydrogens is 320 g/mol. The molecule has 6 heteroatoms. The smallest absolute Gasteiger partial charge is 0.270 e. The van der Waals surface area contributed by atoms with Crippen molar-refractivity contribution >= 4 is 11.6 Å². The van der Waals surface area contributed by atoms with Crippen LogP contribution in [0.15, 0.2) is 48.5 Å². The molecule has 0 bridgehead atoms. The molecule has 1 aliphatic heterocycles. The van der Waals surface area contributed by atoms with Crippen LogP contribution in [0, 0.1) is 10.1 Å². The number of non-ortho nitro benzene ring substituents is 1. The molecule has 1 saturated heterocycles. The molecule has 2 aromatic carbocycles. The molecule has 0 N–H and O–H groups in total. The van der Waals surface area contributed by atoms with Crippen molar-refractivity contribution in [1.29, 1.82) is 0 Å². The lowest BCUT2D eigenvalue weighted by molar-refractivity contribution is -0.384. The van der Waals surface area contributed by atoms with E-state index in [-0.39, 0.29) is 17.6 Å². The minimum atomic E-state index is -0.478. The van der Waals surface area contributed by atoms with E-state index >= 15 is 0 Å². The van der Waals surface area contributed by atoms with Crippen LogP contribution in [0.2, 0.25) is 0 Å². The van der Waals surface area contributed by atoms with Gasteiger partial charge in [-0.1, -0.05) is 18.2 Å². The van der Waals surface area contributed by atoms with Gasteiger partial charge >= 0.3 is 0 Å². The molecule has 6 nitrogen and oxygen atoms in total. The van der Waals surface area contributed by atoms with E-state index in [1.165, 1.54) is 12.1 Å². The first-order valence-electron chi connectivity index (χ1n) is 8.27. The molecule has 1 amide bonds.